The molecule has 0 aromatic heterocycles. The zero-order chi connectivity index (χ0) is 13.8. The van der Waals surface area contributed by atoms with Crippen LogP contribution < -0.4 is 4.74 Å². The molecule has 1 saturated heterocycles. The molecule has 0 radical (unpaired) electrons. The van der Waals surface area contributed by atoms with Gasteiger partial charge in [0, 0.05) is 29.6 Å². The number of thioether (sulfide) groups is 1. The standard InChI is InChI=1S/C13H15BrClNO2S/c1-9(13(17)16-4-6-19-7-5-16)18-12-3-2-10(15)8-11(12)14/h2-3,8-9H,4-7H2,1H3. The zero-order valence-corrected chi connectivity index (χ0v) is 13.7. The van der Waals surface area contributed by atoms with Gasteiger partial charge in [-0.25, -0.2) is 0 Å². The van der Waals surface area contributed by atoms with Gasteiger partial charge in [-0.05, 0) is 41.1 Å². The van der Waals surface area contributed by atoms with E-state index in [2.05, 4.69) is 15.9 Å². The number of benzene rings is 1. The molecule has 2 rings (SSSR count). The van der Waals surface area contributed by atoms with Gasteiger partial charge in [0.15, 0.2) is 6.10 Å². The van der Waals surface area contributed by atoms with E-state index in [1.807, 2.05) is 16.7 Å². The number of hydrogen-bond donors (Lipinski definition) is 0. The van der Waals surface area contributed by atoms with Crippen molar-refractivity contribution in [3.63, 3.8) is 0 Å². The number of nitrogens with zero attached hydrogens (tertiary/aromatic N) is 1. The minimum atomic E-state index is -0.486. The van der Waals surface area contributed by atoms with Gasteiger partial charge in [0.2, 0.25) is 0 Å². The van der Waals surface area contributed by atoms with Gasteiger partial charge in [-0.2, -0.15) is 11.8 Å². The predicted molar refractivity (Wildman–Crippen MR) is 83.1 cm³/mol. The van der Waals surface area contributed by atoms with Crippen LogP contribution in [0.3, 0.4) is 0 Å². The second kappa shape index (κ2) is 6.86. The second-order valence-corrected chi connectivity index (χ2v) is 6.79. The molecule has 6 heteroatoms. The maximum Gasteiger partial charge on any atom is 0.263 e. The van der Waals surface area contributed by atoms with E-state index in [4.69, 9.17) is 16.3 Å². The van der Waals surface area contributed by atoms with Crippen LogP contribution in [0.25, 0.3) is 0 Å². The predicted octanol–water partition coefficient (Wildman–Crippen LogP) is 3.45. The first-order valence-corrected chi connectivity index (χ1v) is 8.39. The highest BCUT2D eigenvalue weighted by molar-refractivity contribution is 9.10. The van der Waals surface area contributed by atoms with Crippen LogP contribution in [0.4, 0.5) is 0 Å². The average molecular weight is 365 g/mol. The Balaban J connectivity index is 1.99. The molecule has 0 spiro atoms. The van der Waals surface area contributed by atoms with Crippen LogP contribution in [0.5, 0.6) is 5.75 Å². The number of carbonyl (C=O) groups excluding carboxylic acids is 1. The van der Waals surface area contributed by atoms with Crippen LogP contribution in [-0.4, -0.2) is 41.5 Å². The highest BCUT2D eigenvalue weighted by Crippen LogP contribution is 2.29. The minimum Gasteiger partial charge on any atom is -0.480 e. The average Bonchev–Trinajstić information content (AvgIpc) is 2.42. The minimum absolute atomic E-state index is 0.0437. The summed E-state index contributed by atoms with van der Waals surface area (Å²) >= 11 is 11.1. The first kappa shape index (κ1) is 15.0. The Hall–Kier alpha value is -0.390. The lowest BCUT2D eigenvalue weighted by atomic mass is 10.3. The summed E-state index contributed by atoms with van der Waals surface area (Å²) in [5.74, 6) is 2.69. The lowest BCUT2D eigenvalue weighted by Gasteiger charge is -2.29. The molecule has 1 unspecified atom stereocenters. The third-order valence-corrected chi connectivity index (χ3v) is 4.67. The molecular formula is C13H15BrClNO2S. The van der Waals surface area contributed by atoms with Crippen molar-refractivity contribution in [3.05, 3.63) is 27.7 Å². The van der Waals surface area contributed by atoms with E-state index >= 15 is 0 Å². The molecule has 0 N–H and O–H groups in total. The molecule has 1 atom stereocenters. The summed E-state index contributed by atoms with van der Waals surface area (Å²) in [6.45, 7) is 3.39. The number of hydrogen-bond acceptors (Lipinski definition) is 3. The van der Waals surface area contributed by atoms with Crippen molar-refractivity contribution < 1.29 is 9.53 Å². The van der Waals surface area contributed by atoms with E-state index in [1.54, 1.807) is 25.1 Å². The Morgan fingerprint density at radius 3 is 2.79 bits per heavy atom. The number of ether oxygens (including phenoxy) is 1. The van der Waals surface area contributed by atoms with Crippen molar-refractivity contribution in [2.24, 2.45) is 0 Å². The summed E-state index contributed by atoms with van der Waals surface area (Å²) in [4.78, 5) is 14.1. The van der Waals surface area contributed by atoms with Gasteiger partial charge in [-0.15, -0.1) is 0 Å². The molecule has 1 aromatic rings. The Bertz CT molecular complexity index is 466. The van der Waals surface area contributed by atoms with E-state index in [1.165, 1.54) is 0 Å². The lowest BCUT2D eigenvalue weighted by Crippen LogP contribution is -2.44. The zero-order valence-electron chi connectivity index (χ0n) is 10.6. The van der Waals surface area contributed by atoms with E-state index in [0.717, 1.165) is 29.1 Å². The summed E-state index contributed by atoms with van der Waals surface area (Å²) in [5, 5.41) is 0.631. The van der Waals surface area contributed by atoms with Crippen molar-refractivity contribution in [1.82, 2.24) is 4.90 Å². The first-order valence-electron chi connectivity index (χ1n) is 6.06. The highest BCUT2D eigenvalue weighted by atomic mass is 79.9. The topological polar surface area (TPSA) is 29.5 Å². The van der Waals surface area contributed by atoms with E-state index in [9.17, 15) is 4.79 Å². The summed E-state index contributed by atoms with van der Waals surface area (Å²) in [6.07, 6.45) is -0.486. The molecule has 0 saturated carbocycles. The van der Waals surface area contributed by atoms with Crippen LogP contribution in [0, 0.1) is 0 Å². The summed E-state index contributed by atoms with van der Waals surface area (Å²) in [6, 6.07) is 5.27. The van der Waals surface area contributed by atoms with Crippen LogP contribution in [0.2, 0.25) is 5.02 Å². The van der Waals surface area contributed by atoms with Crippen molar-refractivity contribution in [3.8, 4) is 5.75 Å². The Labute approximate surface area is 130 Å². The molecule has 1 aromatic carbocycles. The fraction of sp³-hybridized carbons (Fsp3) is 0.462. The lowest BCUT2D eigenvalue weighted by molar-refractivity contribution is -0.137. The van der Waals surface area contributed by atoms with Gasteiger partial charge in [-0.1, -0.05) is 11.6 Å². The van der Waals surface area contributed by atoms with Crippen LogP contribution in [0.15, 0.2) is 22.7 Å². The second-order valence-electron chi connectivity index (χ2n) is 4.27. The maximum absolute atomic E-state index is 12.2. The molecule has 1 fully saturated rings. The Kier molecular flexibility index (Phi) is 5.42. The third kappa shape index (κ3) is 4.04. The van der Waals surface area contributed by atoms with Crippen LogP contribution >= 0.6 is 39.3 Å². The molecule has 1 amide bonds. The van der Waals surface area contributed by atoms with Gasteiger partial charge >= 0.3 is 0 Å². The first-order chi connectivity index (χ1) is 9.08. The van der Waals surface area contributed by atoms with Gasteiger partial charge in [0.25, 0.3) is 5.91 Å². The van der Waals surface area contributed by atoms with Crippen molar-refractivity contribution in [1.29, 1.82) is 0 Å². The molecule has 0 aliphatic carbocycles. The number of carbonyl (C=O) groups is 1. The van der Waals surface area contributed by atoms with Crippen LogP contribution in [0.1, 0.15) is 6.92 Å². The smallest absolute Gasteiger partial charge is 0.263 e. The molecule has 0 bridgehead atoms. The molecule has 1 heterocycles. The van der Waals surface area contributed by atoms with Gasteiger partial charge in [-0.3, -0.25) is 4.79 Å². The third-order valence-electron chi connectivity index (χ3n) is 2.87. The van der Waals surface area contributed by atoms with E-state index < -0.39 is 6.10 Å². The number of amides is 1. The Morgan fingerprint density at radius 2 is 2.16 bits per heavy atom. The van der Waals surface area contributed by atoms with Crippen molar-refractivity contribution >= 4 is 45.2 Å². The fourth-order valence-electron chi connectivity index (χ4n) is 1.85. The SMILES string of the molecule is CC(Oc1ccc(Cl)cc1Br)C(=O)N1CCSCC1. The van der Waals surface area contributed by atoms with E-state index in [0.29, 0.717) is 10.8 Å². The fourth-order valence-corrected chi connectivity index (χ4v) is 3.53. The Morgan fingerprint density at radius 1 is 1.47 bits per heavy atom. The number of rotatable bonds is 3. The van der Waals surface area contributed by atoms with Gasteiger partial charge in [0.1, 0.15) is 5.75 Å². The monoisotopic (exact) mass is 363 g/mol. The van der Waals surface area contributed by atoms with Gasteiger partial charge < -0.3 is 9.64 Å². The van der Waals surface area contributed by atoms with Crippen molar-refractivity contribution in [2.75, 3.05) is 24.6 Å². The molecule has 1 aliphatic heterocycles. The summed E-state index contributed by atoms with van der Waals surface area (Å²) < 4.78 is 6.47. The maximum atomic E-state index is 12.2. The van der Waals surface area contributed by atoms with E-state index in [-0.39, 0.29) is 5.91 Å². The highest BCUT2D eigenvalue weighted by Gasteiger charge is 2.24. The van der Waals surface area contributed by atoms with Crippen molar-refractivity contribution in [2.45, 2.75) is 13.0 Å². The molecule has 19 heavy (non-hydrogen) atoms. The summed E-state index contributed by atoms with van der Waals surface area (Å²) in [5.41, 5.74) is 0. The largest absolute Gasteiger partial charge is 0.480 e. The molecule has 1 aliphatic rings. The van der Waals surface area contributed by atoms with Gasteiger partial charge in [0.05, 0.1) is 4.47 Å². The molecular weight excluding hydrogens is 350 g/mol. The van der Waals surface area contributed by atoms with Crippen LogP contribution in [-0.2, 0) is 4.79 Å². The molecule has 104 valence electrons. The summed E-state index contributed by atoms with van der Waals surface area (Å²) in [7, 11) is 0. The molecule has 3 nitrogen and oxygen atoms in total. The normalized spacial score (nSPS) is 17.1. The quantitative estimate of drug-likeness (QED) is 0.823. The number of halogens is 2.